The normalized spacial score (nSPS) is 18.6. The Balaban J connectivity index is 2.39. The standard InChI is InChI=1S/C17H22ClNO5S/c1-12(18)11-24-17(20)14-7-8-15(23-3)16(10-14)25(21,22)19-9-5-4-6-13(19)2/h7-8,10,13H,1,4-6,9,11H2,2-3H3. The maximum absolute atomic E-state index is 13.1. The third-order valence-corrected chi connectivity index (χ3v) is 6.23. The number of nitrogens with zero attached hydrogens (tertiary/aromatic N) is 1. The van der Waals surface area contributed by atoms with E-state index in [-0.39, 0.29) is 33.9 Å². The SMILES string of the molecule is C=C(Cl)COC(=O)c1ccc(OC)c(S(=O)(=O)N2CCCCC2C)c1. The maximum atomic E-state index is 13.1. The summed E-state index contributed by atoms with van der Waals surface area (Å²) in [4.78, 5) is 12.1. The van der Waals surface area contributed by atoms with Crippen LogP contribution >= 0.6 is 11.6 Å². The summed E-state index contributed by atoms with van der Waals surface area (Å²) in [5.74, 6) is -0.483. The Labute approximate surface area is 153 Å². The van der Waals surface area contributed by atoms with Crippen molar-refractivity contribution in [2.24, 2.45) is 0 Å². The van der Waals surface area contributed by atoms with Crippen LogP contribution in [0.2, 0.25) is 0 Å². The van der Waals surface area contributed by atoms with E-state index in [4.69, 9.17) is 21.1 Å². The first-order chi connectivity index (χ1) is 11.8. The van der Waals surface area contributed by atoms with Crippen LogP contribution < -0.4 is 4.74 Å². The molecule has 6 nitrogen and oxygen atoms in total. The Hall–Kier alpha value is -1.57. The lowest BCUT2D eigenvalue weighted by Gasteiger charge is -2.32. The summed E-state index contributed by atoms with van der Waals surface area (Å²) in [5, 5.41) is 0.178. The highest BCUT2D eigenvalue weighted by atomic mass is 35.5. The van der Waals surface area contributed by atoms with E-state index in [1.54, 1.807) is 0 Å². The topological polar surface area (TPSA) is 72.9 Å². The molecule has 1 aromatic rings. The number of halogens is 1. The molecule has 1 heterocycles. The van der Waals surface area contributed by atoms with Gasteiger partial charge in [0.25, 0.3) is 0 Å². The molecular formula is C17H22ClNO5S. The Bertz CT molecular complexity index is 762. The number of hydrogen-bond acceptors (Lipinski definition) is 5. The van der Waals surface area contributed by atoms with E-state index in [0.29, 0.717) is 6.54 Å². The van der Waals surface area contributed by atoms with Crippen molar-refractivity contribution >= 4 is 27.6 Å². The first kappa shape index (κ1) is 19.8. The molecule has 1 aromatic carbocycles. The molecule has 0 aromatic heterocycles. The van der Waals surface area contributed by atoms with Crippen molar-refractivity contribution in [3.05, 3.63) is 35.4 Å². The van der Waals surface area contributed by atoms with Crippen molar-refractivity contribution in [3.8, 4) is 5.75 Å². The van der Waals surface area contributed by atoms with E-state index >= 15 is 0 Å². The Kier molecular flexibility index (Phi) is 6.48. The Morgan fingerprint density at radius 3 is 2.72 bits per heavy atom. The second-order valence-electron chi connectivity index (χ2n) is 5.92. The number of carbonyl (C=O) groups is 1. The zero-order chi connectivity index (χ0) is 18.6. The summed E-state index contributed by atoms with van der Waals surface area (Å²) in [6.45, 7) is 5.63. The molecule has 2 rings (SSSR count). The van der Waals surface area contributed by atoms with Crippen LogP contribution in [0.1, 0.15) is 36.5 Å². The summed E-state index contributed by atoms with van der Waals surface area (Å²) in [6.07, 6.45) is 2.62. The van der Waals surface area contributed by atoms with Gasteiger partial charge in [-0.2, -0.15) is 4.31 Å². The van der Waals surface area contributed by atoms with E-state index in [1.165, 1.54) is 29.6 Å². The van der Waals surface area contributed by atoms with Crippen LogP contribution in [0.4, 0.5) is 0 Å². The van der Waals surface area contributed by atoms with Gasteiger partial charge in [-0.05, 0) is 38.0 Å². The molecule has 0 bridgehead atoms. The van der Waals surface area contributed by atoms with E-state index in [1.807, 2.05) is 6.92 Å². The average Bonchev–Trinajstić information content (AvgIpc) is 2.59. The third-order valence-electron chi connectivity index (χ3n) is 4.09. The molecule has 1 atom stereocenters. The molecule has 0 saturated carbocycles. The van der Waals surface area contributed by atoms with Gasteiger partial charge in [-0.3, -0.25) is 0 Å². The molecule has 0 amide bonds. The van der Waals surface area contributed by atoms with Crippen LogP contribution in [0.15, 0.2) is 34.7 Å². The number of benzene rings is 1. The predicted molar refractivity (Wildman–Crippen MR) is 95.5 cm³/mol. The van der Waals surface area contributed by atoms with Crippen LogP contribution in [-0.4, -0.2) is 45.0 Å². The summed E-state index contributed by atoms with van der Waals surface area (Å²) in [6, 6.07) is 4.10. The molecule has 0 N–H and O–H groups in total. The number of rotatable bonds is 6. The number of sulfonamides is 1. The first-order valence-corrected chi connectivity index (χ1v) is 9.79. The van der Waals surface area contributed by atoms with Gasteiger partial charge in [0.05, 0.1) is 12.7 Å². The lowest BCUT2D eigenvalue weighted by atomic mass is 10.1. The van der Waals surface area contributed by atoms with Crippen LogP contribution in [0.25, 0.3) is 0 Å². The van der Waals surface area contributed by atoms with Gasteiger partial charge in [-0.15, -0.1) is 0 Å². The van der Waals surface area contributed by atoms with Crippen molar-refractivity contribution in [2.75, 3.05) is 20.3 Å². The first-order valence-electron chi connectivity index (χ1n) is 7.97. The zero-order valence-corrected chi connectivity index (χ0v) is 15.9. The molecule has 0 radical (unpaired) electrons. The third kappa shape index (κ3) is 4.54. The highest BCUT2D eigenvalue weighted by Gasteiger charge is 2.33. The van der Waals surface area contributed by atoms with Gasteiger partial charge in [-0.1, -0.05) is 24.6 Å². The van der Waals surface area contributed by atoms with Gasteiger partial charge in [0.2, 0.25) is 10.0 Å². The monoisotopic (exact) mass is 387 g/mol. The number of piperidine rings is 1. The van der Waals surface area contributed by atoms with Crippen LogP contribution in [0.5, 0.6) is 5.75 Å². The van der Waals surface area contributed by atoms with E-state index in [0.717, 1.165) is 19.3 Å². The quantitative estimate of drug-likeness (QED) is 0.701. The summed E-state index contributed by atoms with van der Waals surface area (Å²) >= 11 is 5.58. The molecule has 0 spiro atoms. The molecule has 1 aliphatic rings. The van der Waals surface area contributed by atoms with E-state index in [9.17, 15) is 13.2 Å². The fraction of sp³-hybridized carbons (Fsp3) is 0.471. The van der Waals surface area contributed by atoms with Gasteiger partial charge < -0.3 is 9.47 Å². The zero-order valence-electron chi connectivity index (χ0n) is 14.3. The van der Waals surface area contributed by atoms with Crippen molar-refractivity contribution in [1.29, 1.82) is 0 Å². The molecule has 8 heteroatoms. The maximum Gasteiger partial charge on any atom is 0.338 e. The number of hydrogen-bond donors (Lipinski definition) is 0. The van der Waals surface area contributed by atoms with E-state index < -0.39 is 16.0 Å². The summed E-state index contributed by atoms with van der Waals surface area (Å²) in [7, 11) is -2.39. The molecule has 1 fully saturated rings. The molecular weight excluding hydrogens is 366 g/mol. The predicted octanol–water partition coefficient (Wildman–Crippen LogP) is 3.17. The van der Waals surface area contributed by atoms with Crippen molar-refractivity contribution in [3.63, 3.8) is 0 Å². The largest absolute Gasteiger partial charge is 0.495 e. The minimum absolute atomic E-state index is 0.0390. The fourth-order valence-electron chi connectivity index (χ4n) is 2.79. The minimum atomic E-state index is -3.78. The highest BCUT2D eigenvalue weighted by molar-refractivity contribution is 7.89. The van der Waals surface area contributed by atoms with Crippen LogP contribution in [0, 0.1) is 0 Å². The Morgan fingerprint density at radius 2 is 2.12 bits per heavy atom. The highest BCUT2D eigenvalue weighted by Crippen LogP contribution is 2.31. The number of methoxy groups -OCH3 is 1. The van der Waals surface area contributed by atoms with Crippen molar-refractivity contribution in [2.45, 2.75) is 37.1 Å². The van der Waals surface area contributed by atoms with Gasteiger partial charge in [0.15, 0.2) is 0 Å². The molecule has 1 unspecified atom stereocenters. The molecule has 138 valence electrons. The fourth-order valence-corrected chi connectivity index (χ4v) is 4.72. The minimum Gasteiger partial charge on any atom is -0.495 e. The van der Waals surface area contributed by atoms with Gasteiger partial charge >= 0.3 is 5.97 Å². The smallest absolute Gasteiger partial charge is 0.338 e. The van der Waals surface area contributed by atoms with Crippen molar-refractivity contribution in [1.82, 2.24) is 4.31 Å². The Morgan fingerprint density at radius 1 is 1.40 bits per heavy atom. The molecule has 25 heavy (non-hydrogen) atoms. The number of esters is 1. The van der Waals surface area contributed by atoms with Crippen molar-refractivity contribution < 1.29 is 22.7 Å². The summed E-state index contributed by atoms with van der Waals surface area (Å²) in [5.41, 5.74) is 0.113. The molecule has 1 aliphatic heterocycles. The van der Waals surface area contributed by atoms with E-state index in [2.05, 4.69) is 6.58 Å². The lowest BCUT2D eigenvalue weighted by Crippen LogP contribution is -2.42. The van der Waals surface area contributed by atoms with Gasteiger partial charge in [0, 0.05) is 17.6 Å². The lowest BCUT2D eigenvalue weighted by molar-refractivity contribution is 0.0546. The van der Waals surface area contributed by atoms with Gasteiger partial charge in [0.1, 0.15) is 17.3 Å². The number of ether oxygens (including phenoxy) is 2. The summed E-state index contributed by atoms with van der Waals surface area (Å²) < 4.78 is 37.8. The molecule has 0 aliphatic carbocycles. The molecule has 1 saturated heterocycles. The van der Waals surface area contributed by atoms with Crippen LogP contribution in [-0.2, 0) is 14.8 Å². The van der Waals surface area contributed by atoms with Gasteiger partial charge in [-0.25, -0.2) is 13.2 Å². The average molecular weight is 388 g/mol. The number of carbonyl (C=O) groups excluding carboxylic acids is 1. The second-order valence-corrected chi connectivity index (χ2v) is 8.31. The second kappa shape index (κ2) is 8.21. The van der Waals surface area contributed by atoms with Crippen LogP contribution in [0.3, 0.4) is 0 Å².